The molecule has 6 atom stereocenters. The number of carbonyl (C=O) groups excluding carboxylic acids is 5. The average molecular weight is 655 g/mol. The van der Waals surface area contributed by atoms with E-state index in [1.54, 1.807) is 18.3 Å². The van der Waals surface area contributed by atoms with Crippen LogP contribution in [-0.4, -0.2) is 76.3 Å². The molecule has 1 saturated heterocycles. The van der Waals surface area contributed by atoms with Crippen LogP contribution in [0.15, 0.2) is 41.8 Å². The lowest BCUT2D eigenvalue weighted by molar-refractivity contribution is -0.145. The monoisotopic (exact) mass is 654 g/mol. The van der Waals surface area contributed by atoms with Crippen molar-refractivity contribution in [2.45, 2.75) is 106 Å². The molecule has 3 rings (SSSR count). The highest BCUT2D eigenvalue weighted by Crippen LogP contribution is 2.65. The predicted octanol–water partition coefficient (Wildman–Crippen LogP) is 2.62. The molecule has 2 aliphatic rings. The molecule has 12 nitrogen and oxygen atoms in total. The summed E-state index contributed by atoms with van der Waals surface area (Å²) >= 11 is 0. The van der Waals surface area contributed by atoms with Gasteiger partial charge in [0.2, 0.25) is 17.6 Å². The van der Waals surface area contributed by atoms with Crippen molar-refractivity contribution in [1.82, 2.24) is 30.7 Å². The van der Waals surface area contributed by atoms with Gasteiger partial charge in [-0.3, -0.25) is 24.0 Å². The number of urea groups is 1. The highest BCUT2D eigenvalue weighted by Gasteiger charge is 2.70. The van der Waals surface area contributed by atoms with Crippen molar-refractivity contribution in [1.29, 1.82) is 0 Å². The van der Waals surface area contributed by atoms with Gasteiger partial charge in [0.15, 0.2) is 0 Å². The highest BCUT2D eigenvalue weighted by molar-refractivity contribution is 6.38. The van der Waals surface area contributed by atoms with Gasteiger partial charge in [0.25, 0.3) is 11.5 Å². The fourth-order valence-electron chi connectivity index (χ4n) is 6.53. The van der Waals surface area contributed by atoms with E-state index in [1.165, 1.54) is 21.6 Å². The van der Waals surface area contributed by atoms with Crippen molar-refractivity contribution in [3.63, 3.8) is 0 Å². The Bertz CT molecular complexity index is 1420. The lowest BCUT2D eigenvalue weighted by Gasteiger charge is -2.38. The molecule has 0 bridgehead atoms. The molecule has 0 spiro atoms. The fourth-order valence-corrected chi connectivity index (χ4v) is 6.53. The standard InChI is InChI=1S/C35H54N6O6/c1-11-15-22(27(43)30(45)36-17-12-2)37-29(44)26-25-21(35(25,9)10)19-41(26)31(46)28(34(6,7)8)39-32(47)38-23(33(3,4)5)20-40-18-14-13-16-24(40)42/h12-14,16,18,21-23,25-26,28H,2,11,15,17,19-20H2,1,3-10H3,(H,36,45)(H,37,44)(H2,38,39,47)/t21-,22?,23+,25-,26-,28+/m0/s1. The maximum absolute atomic E-state index is 14.3. The van der Waals surface area contributed by atoms with Crippen LogP contribution in [0.4, 0.5) is 4.79 Å². The molecule has 12 heteroatoms. The Balaban J connectivity index is 1.83. The van der Waals surface area contributed by atoms with Crippen LogP contribution in [-0.2, 0) is 25.7 Å². The average Bonchev–Trinajstić information content (AvgIpc) is 3.28. The van der Waals surface area contributed by atoms with Crippen LogP contribution >= 0.6 is 0 Å². The summed E-state index contributed by atoms with van der Waals surface area (Å²) in [6, 6.07) is 0.960. The van der Waals surface area contributed by atoms with Gasteiger partial charge in [0, 0.05) is 31.9 Å². The minimum Gasteiger partial charge on any atom is -0.346 e. The number of carbonyl (C=O) groups is 5. The van der Waals surface area contributed by atoms with Crippen molar-refractivity contribution in [2.24, 2.45) is 28.1 Å². The summed E-state index contributed by atoms with van der Waals surface area (Å²) in [7, 11) is 0. The van der Waals surface area contributed by atoms with Gasteiger partial charge in [-0.2, -0.15) is 0 Å². The summed E-state index contributed by atoms with van der Waals surface area (Å²) in [6.07, 6.45) is 3.94. The van der Waals surface area contributed by atoms with Gasteiger partial charge >= 0.3 is 6.03 Å². The molecule has 2 fully saturated rings. The first-order valence-electron chi connectivity index (χ1n) is 16.5. The summed E-state index contributed by atoms with van der Waals surface area (Å²) in [5, 5.41) is 11.1. The van der Waals surface area contributed by atoms with Gasteiger partial charge in [-0.05, 0) is 40.6 Å². The van der Waals surface area contributed by atoms with Crippen LogP contribution in [0.5, 0.6) is 0 Å². The van der Waals surface area contributed by atoms with Crippen LogP contribution < -0.4 is 26.8 Å². The number of hydrogen-bond acceptors (Lipinski definition) is 6. The maximum Gasteiger partial charge on any atom is 0.315 e. The zero-order valence-electron chi connectivity index (χ0n) is 29.4. The number of piperidine rings is 1. The van der Waals surface area contributed by atoms with E-state index in [1.807, 2.05) is 48.5 Å². The number of likely N-dealkylation sites (tertiary alicyclic amines) is 1. The zero-order chi connectivity index (χ0) is 35.5. The molecule has 1 aromatic rings. The van der Waals surface area contributed by atoms with E-state index in [9.17, 15) is 28.8 Å². The van der Waals surface area contributed by atoms with Crippen LogP contribution in [0.3, 0.4) is 0 Å². The molecular formula is C35H54N6O6. The first kappa shape index (κ1) is 37.5. The number of Topliss-reactive ketones (excluding diaryl/α,β-unsaturated/α-hetero) is 1. The van der Waals surface area contributed by atoms with Crippen LogP contribution in [0.2, 0.25) is 0 Å². The minimum absolute atomic E-state index is 0.0716. The van der Waals surface area contributed by atoms with E-state index >= 15 is 0 Å². The number of ketones is 1. The lowest BCUT2D eigenvalue weighted by Crippen LogP contribution is -2.62. The smallest absolute Gasteiger partial charge is 0.315 e. The number of nitrogens with one attached hydrogen (secondary N) is 4. The lowest BCUT2D eigenvalue weighted by atomic mass is 9.85. The van der Waals surface area contributed by atoms with Gasteiger partial charge in [0.05, 0.1) is 12.1 Å². The second kappa shape index (κ2) is 14.4. The molecule has 260 valence electrons. The molecule has 47 heavy (non-hydrogen) atoms. The molecule has 1 aromatic heterocycles. The maximum atomic E-state index is 14.3. The summed E-state index contributed by atoms with van der Waals surface area (Å²) in [5.74, 6) is -2.50. The second-order valence-electron chi connectivity index (χ2n) is 15.6. The minimum atomic E-state index is -1.04. The van der Waals surface area contributed by atoms with E-state index in [4.69, 9.17) is 0 Å². The number of fused-ring (bicyclic) bond motifs is 1. The number of rotatable bonds is 13. The molecule has 2 heterocycles. The number of amides is 5. The topological polar surface area (TPSA) is 159 Å². The largest absolute Gasteiger partial charge is 0.346 e. The number of aromatic nitrogens is 1. The molecule has 1 aliphatic carbocycles. The van der Waals surface area contributed by atoms with Gasteiger partial charge in [-0.15, -0.1) is 6.58 Å². The third-order valence-corrected chi connectivity index (χ3v) is 9.62. The Hall–Kier alpha value is -3.96. The van der Waals surface area contributed by atoms with Gasteiger partial charge < -0.3 is 30.7 Å². The Morgan fingerprint density at radius 1 is 1.02 bits per heavy atom. The Morgan fingerprint density at radius 2 is 1.68 bits per heavy atom. The molecule has 1 aliphatic heterocycles. The fraction of sp³-hybridized carbons (Fsp3) is 0.657. The van der Waals surface area contributed by atoms with E-state index in [-0.39, 0.29) is 42.3 Å². The van der Waals surface area contributed by atoms with E-state index in [0.29, 0.717) is 13.0 Å². The summed E-state index contributed by atoms with van der Waals surface area (Å²) in [4.78, 5) is 81.1. The summed E-state index contributed by atoms with van der Waals surface area (Å²) in [5.41, 5.74) is -1.53. The van der Waals surface area contributed by atoms with Crippen molar-refractivity contribution in [3.05, 3.63) is 47.4 Å². The normalized spacial score (nSPS) is 21.8. The zero-order valence-corrected chi connectivity index (χ0v) is 29.4. The van der Waals surface area contributed by atoms with E-state index in [2.05, 4.69) is 41.7 Å². The van der Waals surface area contributed by atoms with Crippen molar-refractivity contribution >= 4 is 29.5 Å². The van der Waals surface area contributed by atoms with Crippen LogP contribution in [0, 0.1) is 28.1 Å². The van der Waals surface area contributed by atoms with Gasteiger partial charge in [-0.1, -0.05) is 80.9 Å². The molecule has 0 radical (unpaired) electrons. The molecule has 1 unspecified atom stereocenters. The molecule has 1 saturated carbocycles. The Morgan fingerprint density at radius 3 is 2.23 bits per heavy atom. The van der Waals surface area contributed by atoms with E-state index < -0.39 is 64.5 Å². The van der Waals surface area contributed by atoms with Gasteiger partial charge in [-0.25, -0.2) is 4.79 Å². The predicted molar refractivity (Wildman–Crippen MR) is 180 cm³/mol. The molecule has 0 aromatic carbocycles. The first-order chi connectivity index (χ1) is 21.7. The van der Waals surface area contributed by atoms with Crippen molar-refractivity contribution < 1.29 is 24.0 Å². The quantitative estimate of drug-likeness (QED) is 0.189. The highest BCUT2D eigenvalue weighted by atomic mass is 16.2. The number of nitrogens with zero attached hydrogens (tertiary/aromatic N) is 2. The van der Waals surface area contributed by atoms with Gasteiger partial charge in [0.1, 0.15) is 12.1 Å². The molecule has 4 N–H and O–H groups in total. The van der Waals surface area contributed by atoms with Crippen LogP contribution in [0.1, 0.15) is 75.2 Å². The van der Waals surface area contributed by atoms with Crippen molar-refractivity contribution in [3.8, 4) is 0 Å². The Kier molecular flexibility index (Phi) is 11.5. The second-order valence-corrected chi connectivity index (χ2v) is 15.6. The first-order valence-corrected chi connectivity index (χ1v) is 16.5. The van der Waals surface area contributed by atoms with Crippen LogP contribution in [0.25, 0.3) is 0 Å². The SMILES string of the molecule is C=CCNC(=O)C(=O)C(CCC)NC(=O)[C@@H]1[C@@H]2[C@H](CN1C(=O)[C@@H](NC(=O)N[C@H](Cn1ccccc1=O)C(C)(C)C)C(C)(C)C)C2(C)C. The molecule has 5 amide bonds. The summed E-state index contributed by atoms with van der Waals surface area (Å²) in [6.45, 7) is 21.6. The molecular weight excluding hydrogens is 600 g/mol. The number of pyridine rings is 1. The number of hydrogen-bond donors (Lipinski definition) is 4. The third kappa shape index (κ3) is 8.70. The van der Waals surface area contributed by atoms with Crippen molar-refractivity contribution in [2.75, 3.05) is 13.1 Å². The summed E-state index contributed by atoms with van der Waals surface area (Å²) < 4.78 is 1.53. The Labute approximate surface area is 278 Å². The third-order valence-electron chi connectivity index (χ3n) is 9.62. The van der Waals surface area contributed by atoms with E-state index in [0.717, 1.165) is 0 Å².